The van der Waals surface area contributed by atoms with E-state index in [0.29, 0.717) is 18.0 Å². The first-order chi connectivity index (χ1) is 16.4. The van der Waals surface area contributed by atoms with Gasteiger partial charge in [-0.05, 0) is 61.0 Å². The van der Waals surface area contributed by atoms with E-state index in [1.165, 1.54) is 24.9 Å². The number of benzene rings is 2. The van der Waals surface area contributed by atoms with E-state index in [1.807, 2.05) is 6.92 Å². The first-order valence-corrected chi connectivity index (χ1v) is 11.6. The van der Waals surface area contributed by atoms with Crippen LogP contribution in [0.1, 0.15) is 12.5 Å². The van der Waals surface area contributed by atoms with Crippen LogP contribution in [0.15, 0.2) is 60.8 Å². The van der Waals surface area contributed by atoms with Crippen molar-refractivity contribution in [3.05, 3.63) is 72.2 Å². The molecule has 178 valence electrons. The topological polar surface area (TPSA) is 57.7 Å². The van der Waals surface area contributed by atoms with Gasteiger partial charge in [0, 0.05) is 55.6 Å². The number of halogens is 1. The highest BCUT2D eigenvalue weighted by atomic mass is 19.1. The molecule has 0 bridgehead atoms. The number of piperazine rings is 1. The fourth-order valence-corrected chi connectivity index (χ4v) is 4.17. The fourth-order valence-electron chi connectivity index (χ4n) is 4.17. The van der Waals surface area contributed by atoms with Gasteiger partial charge < -0.3 is 19.9 Å². The molecule has 0 aliphatic carbocycles. The van der Waals surface area contributed by atoms with Crippen molar-refractivity contribution in [3.63, 3.8) is 0 Å². The number of anilines is 2. The number of pyridine rings is 1. The molecule has 2 heterocycles. The Morgan fingerprint density at radius 2 is 1.82 bits per heavy atom. The largest absolute Gasteiger partial charge is 0.496 e. The lowest BCUT2D eigenvalue weighted by Crippen LogP contribution is -2.44. The standard InChI is InChI=1S/C27H31FN4O2/c1-19(16-20-4-7-23(8-5-20)32-14-12-31(2)13-15-32)27(33)30-26-17-21(10-11-29-26)24-9-6-22(28)18-25(24)34-3/h4-11,17-19H,12-16H2,1-3H3,(H,29,30,33). The Balaban J connectivity index is 1.38. The lowest BCUT2D eigenvalue weighted by atomic mass is 10.00. The molecule has 1 aromatic heterocycles. The number of amides is 1. The lowest BCUT2D eigenvalue weighted by molar-refractivity contribution is -0.119. The summed E-state index contributed by atoms with van der Waals surface area (Å²) in [5.74, 6) is 0.191. The molecule has 4 rings (SSSR count). The number of aromatic nitrogens is 1. The van der Waals surface area contributed by atoms with E-state index in [-0.39, 0.29) is 17.6 Å². The zero-order valence-corrected chi connectivity index (χ0v) is 19.9. The monoisotopic (exact) mass is 462 g/mol. The third kappa shape index (κ3) is 5.72. The van der Waals surface area contributed by atoms with Crippen molar-refractivity contribution in [3.8, 4) is 16.9 Å². The molecule has 1 N–H and O–H groups in total. The van der Waals surface area contributed by atoms with E-state index in [4.69, 9.17) is 4.74 Å². The molecule has 6 nitrogen and oxygen atoms in total. The molecule has 2 aromatic carbocycles. The maximum Gasteiger partial charge on any atom is 0.228 e. The summed E-state index contributed by atoms with van der Waals surface area (Å²) in [5, 5.41) is 2.91. The lowest BCUT2D eigenvalue weighted by Gasteiger charge is -2.34. The summed E-state index contributed by atoms with van der Waals surface area (Å²) in [6, 6.07) is 16.5. The number of nitrogens with zero attached hydrogens (tertiary/aromatic N) is 3. The molecule has 1 aliphatic heterocycles. The van der Waals surface area contributed by atoms with Crippen LogP contribution in [0.5, 0.6) is 5.75 Å². The van der Waals surface area contributed by atoms with Gasteiger partial charge in [-0.1, -0.05) is 19.1 Å². The average Bonchev–Trinajstić information content (AvgIpc) is 2.85. The van der Waals surface area contributed by atoms with E-state index < -0.39 is 0 Å². The number of rotatable bonds is 7. The Bertz CT molecular complexity index is 1130. The molecule has 0 spiro atoms. The maximum absolute atomic E-state index is 13.5. The number of ether oxygens (including phenoxy) is 1. The van der Waals surface area contributed by atoms with Gasteiger partial charge in [0.05, 0.1) is 7.11 Å². The van der Waals surface area contributed by atoms with Crippen LogP contribution >= 0.6 is 0 Å². The van der Waals surface area contributed by atoms with Crippen LogP contribution in [0.3, 0.4) is 0 Å². The second-order valence-corrected chi connectivity index (χ2v) is 8.83. The molecule has 3 aromatic rings. The van der Waals surface area contributed by atoms with Gasteiger partial charge in [0.2, 0.25) is 5.91 Å². The summed E-state index contributed by atoms with van der Waals surface area (Å²) in [6.45, 7) is 6.12. The Morgan fingerprint density at radius 3 is 2.53 bits per heavy atom. The van der Waals surface area contributed by atoms with Gasteiger partial charge >= 0.3 is 0 Å². The van der Waals surface area contributed by atoms with Gasteiger partial charge in [-0.2, -0.15) is 0 Å². The van der Waals surface area contributed by atoms with E-state index in [9.17, 15) is 9.18 Å². The van der Waals surface area contributed by atoms with Crippen molar-refractivity contribution in [1.29, 1.82) is 0 Å². The number of likely N-dealkylation sites (N-methyl/N-ethyl adjacent to an activating group) is 1. The number of methoxy groups -OCH3 is 1. The number of carbonyl (C=O) groups excluding carboxylic acids is 1. The summed E-state index contributed by atoms with van der Waals surface area (Å²) in [4.78, 5) is 21.9. The van der Waals surface area contributed by atoms with Crippen molar-refractivity contribution in [2.45, 2.75) is 13.3 Å². The molecule has 1 saturated heterocycles. The first kappa shape index (κ1) is 23.7. The summed E-state index contributed by atoms with van der Waals surface area (Å²) in [6.07, 6.45) is 2.26. The van der Waals surface area contributed by atoms with Crippen molar-refractivity contribution in [2.24, 2.45) is 5.92 Å². The molecule has 0 radical (unpaired) electrons. The van der Waals surface area contributed by atoms with Crippen molar-refractivity contribution in [1.82, 2.24) is 9.88 Å². The summed E-state index contributed by atoms with van der Waals surface area (Å²) < 4.78 is 18.9. The molecule has 1 unspecified atom stereocenters. The quantitative estimate of drug-likeness (QED) is 0.562. The number of nitrogens with one attached hydrogen (secondary N) is 1. The SMILES string of the molecule is COc1cc(F)ccc1-c1ccnc(NC(=O)C(C)Cc2ccc(N3CCN(C)CC3)cc2)c1. The normalized spacial score (nSPS) is 15.1. The smallest absolute Gasteiger partial charge is 0.228 e. The summed E-state index contributed by atoms with van der Waals surface area (Å²) in [7, 11) is 3.65. The van der Waals surface area contributed by atoms with Gasteiger partial charge in [-0.15, -0.1) is 0 Å². The van der Waals surface area contributed by atoms with Crippen LogP contribution in [-0.4, -0.2) is 56.1 Å². The highest BCUT2D eigenvalue weighted by Crippen LogP contribution is 2.31. The van der Waals surface area contributed by atoms with E-state index in [2.05, 4.69) is 51.4 Å². The molecule has 1 aliphatic rings. The Labute approximate surface area is 200 Å². The molecule has 7 heteroatoms. The highest BCUT2D eigenvalue weighted by molar-refractivity contribution is 5.92. The van der Waals surface area contributed by atoms with Gasteiger partial charge in [-0.25, -0.2) is 9.37 Å². The zero-order chi connectivity index (χ0) is 24.1. The van der Waals surface area contributed by atoms with Crippen LogP contribution < -0.4 is 15.0 Å². The van der Waals surface area contributed by atoms with Crippen molar-refractivity contribution >= 4 is 17.4 Å². The first-order valence-electron chi connectivity index (χ1n) is 11.6. The van der Waals surface area contributed by atoms with Crippen molar-refractivity contribution in [2.75, 3.05) is 50.6 Å². The van der Waals surface area contributed by atoms with Crippen LogP contribution in [0.2, 0.25) is 0 Å². The highest BCUT2D eigenvalue weighted by Gasteiger charge is 2.17. The average molecular weight is 463 g/mol. The van der Waals surface area contributed by atoms with Crippen molar-refractivity contribution < 1.29 is 13.9 Å². The molecular weight excluding hydrogens is 431 g/mol. The van der Waals surface area contributed by atoms with Crippen LogP contribution in [0.4, 0.5) is 15.9 Å². The molecule has 1 atom stereocenters. The minimum absolute atomic E-state index is 0.0983. The van der Waals surface area contributed by atoms with Gasteiger partial charge in [0.15, 0.2) is 0 Å². The molecule has 34 heavy (non-hydrogen) atoms. The number of hydrogen-bond donors (Lipinski definition) is 1. The minimum Gasteiger partial charge on any atom is -0.496 e. The summed E-state index contributed by atoms with van der Waals surface area (Å²) in [5.41, 5.74) is 3.87. The molecule has 1 fully saturated rings. The maximum atomic E-state index is 13.5. The predicted octanol–water partition coefficient (Wildman–Crippen LogP) is 4.47. The van der Waals surface area contributed by atoms with Crippen LogP contribution in [-0.2, 0) is 11.2 Å². The van der Waals surface area contributed by atoms with E-state index >= 15 is 0 Å². The van der Waals surface area contributed by atoms with Gasteiger partial charge in [0.25, 0.3) is 0 Å². The predicted molar refractivity (Wildman–Crippen MR) is 134 cm³/mol. The second kappa shape index (κ2) is 10.7. The third-order valence-corrected chi connectivity index (χ3v) is 6.28. The molecular formula is C27H31FN4O2. The van der Waals surface area contributed by atoms with Crippen LogP contribution in [0, 0.1) is 11.7 Å². The Kier molecular flexibility index (Phi) is 7.43. The Morgan fingerprint density at radius 1 is 1.09 bits per heavy atom. The fraction of sp³-hybridized carbons (Fsp3) is 0.333. The van der Waals surface area contributed by atoms with E-state index in [0.717, 1.165) is 42.9 Å². The van der Waals surface area contributed by atoms with Gasteiger partial charge in [0.1, 0.15) is 17.4 Å². The third-order valence-electron chi connectivity index (χ3n) is 6.28. The molecule has 1 amide bonds. The number of hydrogen-bond acceptors (Lipinski definition) is 5. The van der Waals surface area contributed by atoms with Crippen LogP contribution in [0.25, 0.3) is 11.1 Å². The number of carbonyl (C=O) groups is 1. The summed E-state index contributed by atoms with van der Waals surface area (Å²) >= 11 is 0. The second-order valence-electron chi connectivity index (χ2n) is 8.83. The molecule has 0 saturated carbocycles. The zero-order valence-electron chi connectivity index (χ0n) is 19.9. The van der Waals surface area contributed by atoms with Gasteiger partial charge in [-0.3, -0.25) is 4.79 Å². The minimum atomic E-state index is -0.367. The Hall–Kier alpha value is -3.45. The van der Waals surface area contributed by atoms with E-state index in [1.54, 1.807) is 24.4 Å².